The molecule has 1 aromatic carbocycles. The largest absolute Gasteiger partial charge is 0.375 e. The summed E-state index contributed by atoms with van der Waals surface area (Å²) in [6.07, 6.45) is 1.13. The number of carbonyl (C=O) groups excluding carboxylic acids is 2. The van der Waals surface area contributed by atoms with E-state index < -0.39 is 6.04 Å². The van der Waals surface area contributed by atoms with Crippen molar-refractivity contribution in [1.29, 1.82) is 0 Å². The molecule has 22 heavy (non-hydrogen) atoms. The topological polar surface area (TPSA) is 97.1 Å². The molecule has 2 heterocycles. The number of nitrogens with two attached hydrogens (primary N) is 1. The molecule has 1 aliphatic heterocycles. The van der Waals surface area contributed by atoms with Gasteiger partial charge in [-0.25, -0.2) is 4.98 Å². The van der Waals surface area contributed by atoms with Gasteiger partial charge in [0, 0.05) is 30.3 Å². The molecular weight excluding hydrogens is 300 g/mol. The summed E-state index contributed by atoms with van der Waals surface area (Å²) in [6.45, 7) is 0.468. The zero-order valence-corrected chi connectivity index (χ0v) is 12.7. The van der Waals surface area contributed by atoms with Gasteiger partial charge in [-0.3, -0.25) is 9.59 Å². The number of aromatic nitrogens is 1. The second kappa shape index (κ2) is 6.15. The fourth-order valence-electron chi connectivity index (χ4n) is 2.46. The van der Waals surface area contributed by atoms with E-state index in [9.17, 15) is 9.59 Å². The molecule has 0 aliphatic carbocycles. The second-order valence-electron chi connectivity index (χ2n) is 5.11. The van der Waals surface area contributed by atoms with Crippen molar-refractivity contribution in [1.82, 2.24) is 15.6 Å². The van der Waals surface area contributed by atoms with Gasteiger partial charge in [0.1, 0.15) is 6.04 Å². The molecule has 1 aliphatic rings. The summed E-state index contributed by atoms with van der Waals surface area (Å²) in [5, 5.41) is 7.97. The van der Waals surface area contributed by atoms with Gasteiger partial charge in [0.15, 0.2) is 5.13 Å². The Kier molecular flexibility index (Phi) is 4.06. The summed E-state index contributed by atoms with van der Waals surface area (Å²) in [7, 11) is 0. The zero-order valence-electron chi connectivity index (χ0n) is 11.8. The fourth-order valence-corrected chi connectivity index (χ4v) is 3.06. The number of benzene rings is 1. The number of nitrogen functional groups attached to an aromatic ring is 1. The molecule has 0 saturated heterocycles. The summed E-state index contributed by atoms with van der Waals surface area (Å²) >= 11 is 1.38. The minimum absolute atomic E-state index is 0.175. The zero-order chi connectivity index (χ0) is 15.5. The average Bonchev–Trinajstić information content (AvgIpc) is 2.92. The van der Waals surface area contributed by atoms with Gasteiger partial charge in [-0.1, -0.05) is 18.2 Å². The molecule has 0 fully saturated rings. The highest BCUT2D eigenvalue weighted by Gasteiger charge is 2.28. The van der Waals surface area contributed by atoms with Crippen LogP contribution in [-0.2, 0) is 17.6 Å². The van der Waals surface area contributed by atoms with Crippen molar-refractivity contribution in [2.24, 2.45) is 0 Å². The van der Waals surface area contributed by atoms with Crippen LogP contribution < -0.4 is 16.4 Å². The standard InChI is InChI=1S/C15H16N4O2S/c16-15-18-10(8-22-15)5-6-17-14(21)12-7-9-3-1-2-4-11(9)13(20)19-12/h1-4,8,12H,5-7H2,(H2,16,18)(H,17,21)(H,19,20). The summed E-state index contributed by atoms with van der Waals surface area (Å²) in [5.41, 5.74) is 7.97. The molecule has 6 nitrogen and oxygen atoms in total. The van der Waals surface area contributed by atoms with Crippen LogP contribution in [0, 0.1) is 0 Å². The molecule has 0 spiro atoms. The highest BCUT2D eigenvalue weighted by Crippen LogP contribution is 2.16. The normalized spacial score (nSPS) is 16.7. The van der Waals surface area contributed by atoms with E-state index in [0.717, 1.165) is 11.3 Å². The van der Waals surface area contributed by atoms with Crippen LogP contribution >= 0.6 is 11.3 Å². The molecular formula is C15H16N4O2S. The maximum atomic E-state index is 12.2. The molecule has 1 aromatic heterocycles. The van der Waals surface area contributed by atoms with Crippen LogP contribution in [0.1, 0.15) is 21.6 Å². The minimum Gasteiger partial charge on any atom is -0.375 e. The van der Waals surface area contributed by atoms with Crippen molar-refractivity contribution >= 4 is 28.3 Å². The predicted molar refractivity (Wildman–Crippen MR) is 84.6 cm³/mol. The van der Waals surface area contributed by atoms with Crippen molar-refractivity contribution in [3.8, 4) is 0 Å². The van der Waals surface area contributed by atoms with Crippen molar-refractivity contribution in [3.05, 3.63) is 46.5 Å². The predicted octanol–water partition coefficient (Wildman–Crippen LogP) is 0.739. The van der Waals surface area contributed by atoms with Crippen LogP contribution in [0.2, 0.25) is 0 Å². The fraction of sp³-hybridized carbons (Fsp3) is 0.267. The highest BCUT2D eigenvalue weighted by atomic mass is 32.1. The molecule has 114 valence electrons. The van der Waals surface area contributed by atoms with Crippen LogP contribution in [0.5, 0.6) is 0 Å². The summed E-state index contributed by atoms with van der Waals surface area (Å²) in [6, 6.07) is 6.82. The summed E-state index contributed by atoms with van der Waals surface area (Å²) < 4.78 is 0. The van der Waals surface area contributed by atoms with Crippen LogP contribution in [0.3, 0.4) is 0 Å². The summed E-state index contributed by atoms with van der Waals surface area (Å²) in [4.78, 5) is 28.3. The number of thiazole rings is 1. The van der Waals surface area contributed by atoms with Gasteiger partial charge in [0.05, 0.1) is 5.69 Å². The Labute approximate surface area is 131 Å². The van der Waals surface area contributed by atoms with E-state index in [1.807, 2.05) is 23.6 Å². The van der Waals surface area contributed by atoms with Crippen LogP contribution in [0.25, 0.3) is 0 Å². The molecule has 1 unspecified atom stereocenters. The molecule has 0 radical (unpaired) electrons. The Balaban J connectivity index is 1.56. The molecule has 4 N–H and O–H groups in total. The number of carbonyl (C=O) groups is 2. The number of nitrogens with one attached hydrogen (secondary N) is 2. The SMILES string of the molecule is Nc1nc(CCNC(=O)C2Cc3ccccc3C(=O)N2)cs1. The van der Waals surface area contributed by atoms with Crippen molar-refractivity contribution < 1.29 is 9.59 Å². The first kappa shape index (κ1) is 14.5. The van der Waals surface area contributed by atoms with Crippen molar-refractivity contribution in [2.45, 2.75) is 18.9 Å². The molecule has 0 bridgehead atoms. The first-order chi connectivity index (χ1) is 10.6. The molecule has 2 aromatic rings. The monoisotopic (exact) mass is 316 g/mol. The first-order valence-corrected chi connectivity index (χ1v) is 7.88. The van der Waals surface area contributed by atoms with Gasteiger partial charge in [-0.15, -0.1) is 11.3 Å². The lowest BCUT2D eigenvalue weighted by atomic mass is 9.95. The summed E-state index contributed by atoms with van der Waals surface area (Å²) in [5.74, 6) is -0.375. The van der Waals surface area contributed by atoms with Gasteiger partial charge in [-0.05, 0) is 11.6 Å². The van der Waals surface area contributed by atoms with Crippen LogP contribution in [0.4, 0.5) is 5.13 Å². The average molecular weight is 316 g/mol. The Hall–Kier alpha value is -2.41. The Morgan fingerprint density at radius 2 is 2.27 bits per heavy atom. The second-order valence-corrected chi connectivity index (χ2v) is 6.00. The van der Waals surface area contributed by atoms with E-state index in [0.29, 0.717) is 30.1 Å². The number of anilines is 1. The van der Waals surface area contributed by atoms with E-state index in [1.165, 1.54) is 11.3 Å². The number of fused-ring (bicyclic) bond motifs is 1. The van der Waals surface area contributed by atoms with Crippen molar-refractivity contribution in [3.63, 3.8) is 0 Å². The number of hydrogen-bond donors (Lipinski definition) is 3. The molecule has 3 rings (SSSR count). The van der Waals surface area contributed by atoms with E-state index in [2.05, 4.69) is 15.6 Å². The maximum absolute atomic E-state index is 12.2. The van der Waals surface area contributed by atoms with E-state index in [4.69, 9.17) is 5.73 Å². The van der Waals surface area contributed by atoms with Crippen LogP contribution in [-0.4, -0.2) is 29.4 Å². The van der Waals surface area contributed by atoms with Gasteiger partial charge in [0.2, 0.25) is 5.91 Å². The lowest BCUT2D eigenvalue weighted by molar-refractivity contribution is -0.123. The first-order valence-electron chi connectivity index (χ1n) is 7.00. The van der Waals surface area contributed by atoms with E-state index in [-0.39, 0.29) is 11.8 Å². The number of hydrogen-bond acceptors (Lipinski definition) is 5. The van der Waals surface area contributed by atoms with Gasteiger partial charge in [-0.2, -0.15) is 0 Å². The maximum Gasteiger partial charge on any atom is 0.252 e. The highest BCUT2D eigenvalue weighted by molar-refractivity contribution is 7.13. The third-order valence-electron chi connectivity index (χ3n) is 3.56. The molecule has 0 saturated carbocycles. The lowest BCUT2D eigenvalue weighted by Crippen LogP contribution is -2.51. The quantitative estimate of drug-likeness (QED) is 0.775. The van der Waals surface area contributed by atoms with Gasteiger partial charge < -0.3 is 16.4 Å². The number of rotatable bonds is 4. The molecule has 2 amide bonds. The van der Waals surface area contributed by atoms with Gasteiger partial charge >= 0.3 is 0 Å². The lowest BCUT2D eigenvalue weighted by Gasteiger charge is -2.24. The molecule has 7 heteroatoms. The Morgan fingerprint density at radius 3 is 3.05 bits per heavy atom. The van der Waals surface area contributed by atoms with E-state index >= 15 is 0 Å². The van der Waals surface area contributed by atoms with Crippen molar-refractivity contribution in [2.75, 3.05) is 12.3 Å². The van der Waals surface area contributed by atoms with E-state index in [1.54, 1.807) is 6.07 Å². The molecule has 1 atom stereocenters. The van der Waals surface area contributed by atoms with Crippen LogP contribution in [0.15, 0.2) is 29.6 Å². The smallest absolute Gasteiger partial charge is 0.252 e. The Morgan fingerprint density at radius 1 is 1.45 bits per heavy atom. The number of nitrogens with zero attached hydrogens (tertiary/aromatic N) is 1. The Bertz CT molecular complexity index is 713. The third-order valence-corrected chi connectivity index (χ3v) is 4.28. The van der Waals surface area contributed by atoms with Gasteiger partial charge in [0.25, 0.3) is 5.91 Å². The minimum atomic E-state index is -0.525. The third kappa shape index (κ3) is 3.09. The number of amides is 2.